The molecule has 5 nitrogen and oxygen atoms in total. The highest BCUT2D eigenvalue weighted by Gasteiger charge is 2.55. The van der Waals surface area contributed by atoms with E-state index in [1.807, 2.05) is 67.6 Å². The van der Waals surface area contributed by atoms with E-state index in [2.05, 4.69) is 40.6 Å². The Kier molecular flexibility index (Phi) is 7.03. The van der Waals surface area contributed by atoms with E-state index in [4.69, 9.17) is 0 Å². The van der Waals surface area contributed by atoms with Crippen LogP contribution in [0.4, 0.5) is 5.69 Å². The normalized spacial score (nSPS) is 25.8. The number of carbonyl (C=O) groups is 1. The highest BCUT2D eigenvalue weighted by atomic mass is 16.3. The van der Waals surface area contributed by atoms with Crippen LogP contribution in [0, 0.1) is 12.8 Å². The summed E-state index contributed by atoms with van der Waals surface area (Å²) in [6.45, 7) is 1.88. The van der Waals surface area contributed by atoms with Gasteiger partial charge in [-0.1, -0.05) is 66.7 Å². The van der Waals surface area contributed by atoms with Crippen molar-refractivity contribution >= 4 is 11.6 Å². The van der Waals surface area contributed by atoms with E-state index in [0.717, 1.165) is 42.5 Å². The van der Waals surface area contributed by atoms with Crippen LogP contribution in [0.15, 0.2) is 97.2 Å². The molecule has 1 fully saturated rings. The molecule has 3 aromatic carbocycles. The number of amides is 1. The summed E-state index contributed by atoms with van der Waals surface area (Å²) in [6.07, 6.45) is 5.27. The molecule has 0 bridgehead atoms. The minimum atomic E-state index is -1.29. The van der Waals surface area contributed by atoms with Crippen molar-refractivity contribution in [2.24, 2.45) is 5.92 Å². The van der Waals surface area contributed by atoms with Crippen LogP contribution in [0.1, 0.15) is 64.0 Å². The van der Waals surface area contributed by atoms with Crippen LogP contribution in [0.25, 0.3) is 0 Å². The first-order chi connectivity index (χ1) is 19.4. The number of anilines is 1. The largest absolute Gasteiger partial charge is 0.390 e. The maximum atomic E-state index is 13.3. The smallest absolute Gasteiger partial charge is 0.255 e. The number of aliphatic hydroxyl groups is 2. The van der Waals surface area contributed by atoms with Gasteiger partial charge >= 0.3 is 0 Å². The van der Waals surface area contributed by atoms with Gasteiger partial charge in [-0.3, -0.25) is 9.78 Å². The summed E-state index contributed by atoms with van der Waals surface area (Å²) >= 11 is 0. The van der Waals surface area contributed by atoms with Crippen molar-refractivity contribution in [2.45, 2.75) is 62.6 Å². The zero-order valence-corrected chi connectivity index (χ0v) is 22.9. The van der Waals surface area contributed by atoms with E-state index in [0.29, 0.717) is 24.1 Å². The molecule has 0 radical (unpaired) electrons. The van der Waals surface area contributed by atoms with Gasteiger partial charge in [-0.25, -0.2) is 0 Å². The van der Waals surface area contributed by atoms with Gasteiger partial charge < -0.3 is 15.5 Å². The fourth-order valence-corrected chi connectivity index (χ4v) is 7.18. The fraction of sp³-hybridized carbons (Fsp3) is 0.314. The van der Waals surface area contributed by atoms with Crippen LogP contribution in [0.5, 0.6) is 0 Å². The number of hydrogen-bond donors (Lipinski definition) is 3. The summed E-state index contributed by atoms with van der Waals surface area (Å²) in [5.74, 6) is 0.0132. The van der Waals surface area contributed by atoms with Gasteiger partial charge in [0, 0.05) is 17.2 Å². The molecule has 2 aliphatic carbocycles. The van der Waals surface area contributed by atoms with Gasteiger partial charge in [-0.15, -0.1) is 0 Å². The minimum Gasteiger partial charge on any atom is -0.390 e. The molecule has 4 aromatic rings. The van der Waals surface area contributed by atoms with Crippen LogP contribution in [-0.2, 0) is 23.9 Å². The molecule has 1 amide bonds. The summed E-state index contributed by atoms with van der Waals surface area (Å²) in [5, 5.41) is 26.7. The second-order valence-corrected chi connectivity index (χ2v) is 11.6. The molecule has 40 heavy (non-hydrogen) atoms. The highest BCUT2D eigenvalue weighted by molar-refractivity contribution is 6.04. The van der Waals surface area contributed by atoms with Crippen molar-refractivity contribution in [2.75, 3.05) is 5.32 Å². The van der Waals surface area contributed by atoms with Crippen molar-refractivity contribution in [1.29, 1.82) is 0 Å². The van der Waals surface area contributed by atoms with Crippen LogP contribution in [0.2, 0.25) is 0 Å². The molecule has 0 aliphatic heterocycles. The van der Waals surface area contributed by atoms with E-state index in [1.165, 1.54) is 11.1 Å². The molecule has 1 saturated carbocycles. The first-order valence-corrected chi connectivity index (χ1v) is 14.3. The van der Waals surface area contributed by atoms with Gasteiger partial charge in [0.15, 0.2) is 0 Å². The quantitative estimate of drug-likeness (QED) is 0.289. The standard InChI is InChI=1S/C35H36N2O3/c1-24-31(16-9-19-36-24)37-33(39)27-17-18-30-26(20-27)12-8-15-29-22-35(40,28-13-6-3-7-14-28)32(38)23-34(29,30)21-25-10-4-2-5-11-25/h2-7,9-11,13-14,16-20,29,32,38,40H,8,12,15,21-23H2,1H3,(H,37,39)/t29-,32+,34+,35+/m1/s1. The number of aliphatic hydroxyl groups excluding tert-OH is 1. The van der Waals surface area contributed by atoms with Gasteiger partial charge in [-0.2, -0.15) is 0 Å². The van der Waals surface area contributed by atoms with Crippen LogP contribution in [0.3, 0.4) is 0 Å². The third-order valence-electron chi connectivity index (χ3n) is 9.24. The third-order valence-corrected chi connectivity index (χ3v) is 9.24. The topological polar surface area (TPSA) is 82.5 Å². The van der Waals surface area contributed by atoms with E-state index < -0.39 is 11.7 Å². The van der Waals surface area contributed by atoms with E-state index in [-0.39, 0.29) is 17.2 Å². The summed E-state index contributed by atoms with van der Waals surface area (Å²) in [7, 11) is 0. The molecule has 1 aromatic heterocycles. The fourth-order valence-electron chi connectivity index (χ4n) is 7.18. The van der Waals surface area contributed by atoms with E-state index in [9.17, 15) is 15.0 Å². The molecule has 204 valence electrons. The number of pyridine rings is 1. The molecule has 0 saturated heterocycles. The Hall–Kier alpha value is -3.80. The lowest BCUT2D eigenvalue weighted by Gasteiger charge is -2.53. The number of benzene rings is 3. The minimum absolute atomic E-state index is 0.154. The second kappa shape index (κ2) is 10.6. The highest BCUT2D eigenvalue weighted by Crippen LogP contribution is 2.55. The number of carbonyl (C=O) groups excluding carboxylic acids is 1. The Morgan fingerprint density at radius 3 is 2.48 bits per heavy atom. The summed E-state index contributed by atoms with van der Waals surface area (Å²) in [6, 6.07) is 29.8. The molecule has 5 heteroatoms. The molecule has 6 rings (SSSR count). The molecule has 3 N–H and O–H groups in total. The predicted octanol–water partition coefficient (Wildman–Crippen LogP) is 6.12. The Labute approximate surface area is 235 Å². The van der Waals surface area contributed by atoms with Gasteiger partial charge in [0.1, 0.15) is 5.60 Å². The SMILES string of the molecule is Cc1ncccc1NC(=O)c1ccc2c(c1)CCC[C@@H]1C[C@](O)(c3ccccc3)[C@@H](O)C[C@]21Cc1ccccc1. The summed E-state index contributed by atoms with van der Waals surface area (Å²) in [4.78, 5) is 17.6. The van der Waals surface area contributed by atoms with Crippen molar-refractivity contribution in [3.8, 4) is 0 Å². The van der Waals surface area contributed by atoms with E-state index in [1.54, 1.807) is 6.20 Å². The number of aromatic nitrogens is 1. The van der Waals surface area contributed by atoms with Gasteiger partial charge in [0.05, 0.1) is 17.5 Å². The molecule has 1 heterocycles. The number of rotatable bonds is 5. The molecule has 0 spiro atoms. The predicted molar refractivity (Wildman–Crippen MR) is 157 cm³/mol. The number of aryl methyl sites for hydroxylation is 2. The molecule has 0 unspecified atom stereocenters. The zero-order valence-electron chi connectivity index (χ0n) is 22.9. The summed E-state index contributed by atoms with van der Waals surface area (Å²) in [5.41, 5.74) is 4.79. The van der Waals surface area contributed by atoms with Crippen molar-refractivity contribution < 1.29 is 15.0 Å². The number of nitrogens with one attached hydrogen (secondary N) is 1. The Morgan fingerprint density at radius 2 is 1.73 bits per heavy atom. The average molecular weight is 533 g/mol. The van der Waals surface area contributed by atoms with Crippen molar-refractivity contribution in [3.63, 3.8) is 0 Å². The maximum absolute atomic E-state index is 13.3. The molecule has 4 atom stereocenters. The van der Waals surface area contributed by atoms with Crippen LogP contribution >= 0.6 is 0 Å². The lowest BCUT2D eigenvalue weighted by atomic mass is 9.54. The molecule has 2 aliphatic rings. The maximum Gasteiger partial charge on any atom is 0.255 e. The third kappa shape index (κ3) is 4.74. The first kappa shape index (κ1) is 26.4. The van der Waals surface area contributed by atoms with Crippen molar-refractivity contribution in [1.82, 2.24) is 4.98 Å². The monoisotopic (exact) mass is 532 g/mol. The average Bonchev–Trinajstić information content (AvgIpc) is 3.11. The Bertz CT molecular complexity index is 1510. The van der Waals surface area contributed by atoms with Gasteiger partial charge in [0.25, 0.3) is 5.91 Å². The van der Waals surface area contributed by atoms with Gasteiger partial charge in [0.2, 0.25) is 0 Å². The number of hydrogen-bond acceptors (Lipinski definition) is 4. The second-order valence-electron chi connectivity index (χ2n) is 11.6. The molecular formula is C35H36N2O3. The zero-order chi connectivity index (χ0) is 27.7. The lowest BCUT2D eigenvalue weighted by Crippen LogP contribution is -2.55. The lowest BCUT2D eigenvalue weighted by molar-refractivity contribution is -0.143. The number of fused-ring (bicyclic) bond motifs is 3. The summed E-state index contributed by atoms with van der Waals surface area (Å²) < 4.78 is 0. The number of nitrogens with zero attached hydrogens (tertiary/aromatic N) is 1. The Morgan fingerprint density at radius 1 is 0.975 bits per heavy atom. The van der Waals surface area contributed by atoms with Gasteiger partial charge in [-0.05, 0) is 97.9 Å². The van der Waals surface area contributed by atoms with Crippen LogP contribution in [-0.4, -0.2) is 27.2 Å². The van der Waals surface area contributed by atoms with Crippen LogP contribution < -0.4 is 5.32 Å². The first-order valence-electron chi connectivity index (χ1n) is 14.3. The van der Waals surface area contributed by atoms with E-state index >= 15 is 0 Å². The molecular weight excluding hydrogens is 496 g/mol. The van der Waals surface area contributed by atoms with Crippen molar-refractivity contribution in [3.05, 3.63) is 131 Å². The Balaban J connectivity index is 1.41.